The van der Waals surface area contributed by atoms with Crippen molar-refractivity contribution in [1.29, 1.82) is 0 Å². The third-order valence-corrected chi connectivity index (χ3v) is 2.38. The lowest BCUT2D eigenvalue weighted by atomic mass is 10.1. The quantitative estimate of drug-likeness (QED) is 0.487. The van der Waals surface area contributed by atoms with E-state index in [0.717, 1.165) is 10.7 Å². The van der Waals surface area contributed by atoms with Crippen LogP contribution in [0.5, 0.6) is 0 Å². The topological polar surface area (TPSA) is 43.8 Å². The normalized spacial score (nSPS) is 11.0. The predicted octanol–water partition coefficient (Wildman–Crippen LogP) is 2.36. The molecule has 0 unspecified atom stereocenters. The van der Waals surface area contributed by atoms with Gasteiger partial charge in [0.05, 0.1) is 5.56 Å². The van der Waals surface area contributed by atoms with Crippen molar-refractivity contribution in [2.45, 2.75) is 0 Å². The molecule has 2 aromatic rings. The third kappa shape index (κ3) is 1.60. The van der Waals surface area contributed by atoms with Gasteiger partial charge in [0, 0.05) is 13.1 Å². The minimum absolute atomic E-state index is 0.0222. The van der Waals surface area contributed by atoms with E-state index in [-0.39, 0.29) is 5.82 Å². The first kappa shape index (κ1) is 12.3. The molecule has 3 nitrogen and oxygen atoms in total. The molecular weight excluding hydrogens is 257 g/mol. The molecule has 0 spiro atoms. The average Bonchev–Trinajstić information content (AvgIpc) is 2.64. The first-order chi connectivity index (χ1) is 8.34. The number of aromatic nitrogens is 2. The van der Waals surface area contributed by atoms with Gasteiger partial charge in [-0.15, -0.1) is 0 Å². The number of hydrogen-bond donors (Lipinski definition) is 1. The Morgan fingerprint density at radius 1 is 0.944 bits per heavy atom. The van der Waals surface area contributed by atoms with Crippen LogP contribution in [0.1, 0.15) is 0 Å². The van der Waals surface area contributed by atoms with Crippen molar-refractivity contribution in [3.8, 4) is 11.3 Å². The van der Waals surface area contributed by atoms with Gasteiger partial charge in [0.1, 0.15) is 11.5 Å². The molecular formula is C10H6F5N3. The molecule has 0 aliphatic heterocycles. The SMILES string of the molecule is Cn1nc(-c2c(F)c(F)c(F)c(F)c2F)cc1N. The molecule has 2 rings (SSSR count). The fourth-order valence-corrected chi connectivity index (χ4v) is 1.43. The second-order valence-corrected chi connectivity index (χ2v) is 3.52. The Morgan fingerprint density at radius 3 is 1.78 bits per heavy atom. The lowest BCUT2D eigenvalue weighted by molar-refractivity contribution is 0.381. The molecule has 0 saturated heterocycles. The van der Waals surface area contributed by atoms with Gasteiger partial charge in [-0.2, -0.15) is 5.10 Å². The van der Waals surface area contributed by atoms with Gasteiger partial charge in [0.25, 0.3) is 0 Å². The molecule has 18 heavy (non-hydrogen) atoms. The molecule has 2 N–H and O–H groups in total. The Labute approximate surface area is 97.6 Å². The molecule has 8 heteroatoms. The van der Waals surface area contributed by atoms with E-state index in [9.17, 15) is 22.0 Å². The summed E-state index contributed by atoms with van der Waals surface area (Å²) in [4.78, 5) is 0. The summed E-state index contributed by atoms with van der Waals surface area (Å²) >= 11 is 0. The summed E-state index contributed by atoms with van der Waals surface area (Å²) in [7, 11) is 1.37. The molecule has 1 aromatic carbocycles. The van der Waals surface area contributed by atoms with Crippen molar-refractivity contribution < 1.29 is 22.0 Å². The molecule has 0 radical (unpaired) electrons. The summed E-state index contributed by atoms with van der Waals surface area (Å²) in [6.07, 6.45) is 0. The Morgan fingerprint density at radius 2 is 1.39 bits per heavy atom. The zero-order valence-corrected chi connectivity index (χ0v) is 8.94. The summed E-state index contributed by atoms with van der Waals surface area (Å²) < 4.78 is 66.6. The largest absolute Gasteiger partial charge is 0.384 e. The number of benzene rings is 1. The van der Waals surface area contributed by atoms with Crippen LogP contribution in [0.2, 0.25) is 0 Å². The van der Waals surface area contributed by atoms with E-state index in [1.54, 1.807) is 0 Å². The van der Waals surface area contributed by atoms with Crippen molar-refractivity contribution in [3.05, 3.63) is 35.2 Å². The number of nitrogens with two attached hydrogens (primary N) is 1. The van der Waals surface area contributed by atoms with Crippen LogP contribution in [0.4, 0.5) is 27.8 Å². The van der Waals surface area contributed by atoms with Gasteiger partial charge < -0.3 is 5.73 Å². The maximum Gasteiger partial charge on any atom is 0.200 e. The molecule has 1 aromatic heterocycles. The summed E-state index contributed by atoms with van der Waals surface area (Å²) in [6, 6.07) is 1.01. The number of nitrogens with zero attached hydrogens (tertiary/aromatic N) is 2. The highest BCUT2D eigenvalue weighted by molar-refractivity contribution is 5.64. The van der Waals surface area contributed by atoms with Gasteiger partial charge >= 0.3 is 0 Å². The van der Waals surface area contributed by atoms with Gasteiger partial charge in [0.2, 0.25) is 5.82 Å². The number of anilines is 1. The maximum absolute atomic E-state index is 13.4. The molecule has 0 aliphatic carbocycles. The van der Waals surface area contributed by atoms with Crippen LogP contribution in [0.3, 0.4) is 0 Å². The number of aryl methyl sites for hydroxylation is 1. The van der Waals surface area contributed by atoms with E-state index in [4.69, 9.17) is 5.73 Å². The number of nitrogen functional groups attached to an aromatic ring is 1. The number of halogens is 5. The number of rotatable bonds is 1. The van der Waals surface area contributed by atoms with E-state index >= 15 is 0 Å². The molecule has 0 fully saturated rings. The minimum atomic E-state index is -2.21. The Kier molecular flexibility index (Phi) is 2.72. The molecule has 0 saturated carbocycles. The van der Waals surface area contributed by atoms with Crippen LogP contribution in [0.25, 0.3) is 11.3 Å². The Hall–Kier alpha value is -2.12. The zero-order valence-electron chi connectivity index (χ0n) is 8.94. The fraction of sp³-hybridized carbons (Fsp3) is 0.100. The van der Waals surface area contributed by atoms with Crippen molar-refractivity contribution in [2.75, 3.05) is 5.73 Å². The first-order valence-corrected chi connectivity index (χ1v) is 4.66. The molecule has 0 aliphatic rings. The Balaban J connectivity index is 2.79. The van der Waals surface area contributed by atoms with Gasteiger partial charge in [-0.1, -0.05) is 0 Å². The standard InChI is InChI=1S/C10H6F5N3/c1-18-4(16)2-3(17-18)5-6(11)8(13)10(15)9(14)7(5)12/h2H,16H2,1H3. The molecule has 96 valence electrons. The number of hydrogen-bond acceptors (Lipinski definition) is 2. The summed E-state index contributed by atoms with van der Waals surface area (Å²) in [5, 5.41) is 3.57. The van der Waals surface area contributed by atoms with Gasteiger partial charge in [-0.3, -0.25) is 4.68 Å². The van der Waals surface area contributed by atoms with E-state index in [0.29, 0.717) is 0 Å². The summed E-state index contributed by atoms with van der Waals surface area (Å²) in [6.45, 7) is 0. The summed E-state index contributed by atoms with van der Waals surface area (Å²) in [5.74, 6) is -10.1. The van der Waals surface area contributed by atoms with Gasteiger partial charge in [-0.25, -0.2) is 22.0 Å². The minimum Gasteiger partial charge on any atom is -0.384 e. The van der Waals surface area contributed by atoms with Crippen molar-refractivity contribution in [2.24, 2.45) is 7.05 Å². The predicted molar refractivity (Wildman–Crippen MR) is 52.8 cm³/mol. The van der Waals surface area contributed by atoms with Crippen molar-refractivity contribution >= 4 is 5.82 Å². The lowest BCUT2D eigenvalue weighted by Gasteiger charge is -2.05. The van der Waals surface area contributed by atoms with Gasteiger partial charge in [-0.05, 0) is 0 Å². The van der Waals surface area contributed by atoms with E-state index in [1.165, 1.54) is 7.05 Å². The highest BCUT2D eigenvalue weighted by atomic mass is 19.2. The third-order valence-electron chi connectivity index (χ3n) is 2.38. The van der Waals surface area contributed by atoms with E-state index in [1.807, 2.05) is 0 Å². The van der Waals surface area contributed by atoms with Gasteiger partial charge in [0.15, 0.2) is 23.3 Å². The monoisotopic (exact) mass is 263 g/mol. The maximum atomic E-state index is 13.4. The zero-order chi connectivity index (χ0) is 13.6. The highest BCUT2D eigenvalue weighted by Gasteiger charge is 2.28. The highest BCUT2D eigenvalue weighted by Crippen LogP contribution is 2.31. The summed E-state index contributed by atoms with van der Waals surface area (Å²) in [5.41, 5.74) is 3.85. The molecule has 0 bridgehead atoms. The van der Waals surface area contributed by atoms with Crippen LogP contribution in [-0.2, 0) is 7.05 Å². The van der Waals surface area contributed by atoms with E-state index < -0.39 is 40.3 Å². The Bertz CT molecular complexity index is 586. The molecule has 0 amide bonds. The van der Waals surface area contributed by atoms with Crippen LogP contribution < -0.4 is 5.73 Å². The van der Waals surface area contributed by atoms with E-state index in [2.05, 4.69) is 5.10 Å². The lowest BCUT2D eigenvalue weighted by Crippen LogP contribution is -2.04. The molecule has 0 atom stereocenters. The van der Waals surface area contributed by atoms with Crippen LogP contribution >= 0.6 is 0 Å². The van der Waals surface area contributed by atoms with Crippen molar-refractivity contribution in [1.82, 2.24) is 9.78 Å². The smallest absolute Gasteiger partial charge is 0.200 e. The fourth-order valence-electron chi connectivity index (χ4n) is 1.43. The van der Waals surface area contributed by atoms with Crippen LogP contribution in [-0.4, -0.2) is 9.78 Å². The average molecular weight is 263 g/mol. The molecule has 1 heterocycles. The first-order valence-electron chi connectivity index (χ1n) is 4.66. The van der Waals surface area contributed by atoms with Crippen LogP contribution in [0, 0.1) is 29.1 Å². The second kappa shape index (κ2) is 3.97. The van der Waals surface area contributed by atoms with Crippen LogP contribution in [0.15, 0.2) is 6.07 Å². The second-order valence-electron chi connectivity index (χ2n) is 3.52. The van der Waals surface area contributed by atoms with Crippen molar-refractivity contribution in [3.63, 3.8) is 0 Å².